The van der Waals surface area contributed by atoms with E-state index in [1.54, 1.807) is 13.8 Å². The van der Waals surface area contributed by atoms with E-state index >= 15 is 0 Å². The molecular formula is C21H29N3O4. The monoisotopic (exact) mass is 387 g/mol. The van der Waals surface area contributed by atoms with E-state index in [9.17, 15) is 14.4 Å². The summed E-state index contributed by atoms with van der Waals surface area (Å²) in [4.78, 5) is 38.5. The molecule has 3 atom stereocenters. The number of aryl methyl sites for hydroxylation is 1. The topological polar surface area (TPSA) is 112 Å². The molecule has 7 nitrogen and oxygen atoms in total. The van der Waals surface area contributed by atoms with Crippen LogP contribution >= 0.6 is 0 Å². The number of aromatic amines is 1. The molecule has 1 amide bonds. The van der Waals surface area contributed by atoms with E-state index in [0.717, 1.165) is 18.4 Å². The lowest BCUT2D eigenvalue weighted by molar-refractivity contribution is -0.148. The number of esters is 1. The summed E-state index contributed by atoms with van der Waals surface area (Å²) in [5.41, 5.74) is 1.60. The molecule has 152 valence electrons. The molecule has 0 aromatic carbocycles. The molecule has 1 aliphatic rings. The van der Waals surface area contributed by atoms with Crippen molar-refractivity contribution in [3.05, 3.63) is 32.7 Å². The van der Waals surface area contributed by atoms with Crippen molar-refractivity contribution in [3.63, 3.8) is 0 Å². The Morgan fingerprint density at radius 1 is 1.29 bits per heavy atom. The van der Waals surface area contributed by atoms with Crippen molar-refractivity contribution in [1.82, 2.24) is 10.3 Å². The third-order valence-corrected chi connectivity index (χ3v) is 5.92. The molecule has 0 bridgehead atoms. The van der Waals surface area contributed by atoms with Crippen LogP contribution in [0.1, 0.15) is 61.9 Å². The highest BCUT2D eigenvalue weighted by Crippen LogP contribution is 2.29. The molecule has 1 saturated carbocycles. The Bertz CT molecular complexity index is 837. The van der Waals surface area contributed by atoms with E-state index in [1.165, 1.54) is 6.42 Å². The molecule has 7 heteroatoms. The first kappa shape index (κ1) is 21.7. The first-order chi connectivity index (χ1) is 13.2. The van der Waals surface area contributed by atoms with Gasteiger partial charge < -0.3 is 15.0 Å². The molecule has 1 heterocycles. The SMILES string of the molecule is Cc1[nH]c(=O)c(C#N)c(C)c1CCC(=O)OCC(=O)N[C@H]1CCC[C@@H](C)[C@@H]1C. The van der Waals surface area contributed by atoms with Crippen LogP contribution in [0.2, 0.25) is 0 Å². The fraction of sp³-hybridized carbons (Fsp3) is 0.619. The number of rotatable bonds is 6. The van der Waals surface area contributed by atoms with Crippen LogP contribution in [0.15, 0.2) is 4.79 Å². The quantitative estimate of drug-likeness (QED) is 0.727. The molecule has 0 spiro atoms. The Balaban J connectivity index is 1.84. The molecule has 0 unspecified atom stereocenters. The largest absolute Gasteiger partial charge is 0.456 e. The Kier molecular flexibility index (Phi) is 7.38. The molecule has 2 rings (SSSR count). The number of pyridine rings is 1. The molecule has 0 aliphatic heterocycles. The van der Waals surface area contributed by atoms with Crippen molar-refractivity contribution in [2.45, 2.75) is 65.8 Å². The maximum atomic E-state index is 12.1. The lowest BCUT2D eigenvalue weighted by Crippen LogP contribution is -2.45. The van der Waals surface area contributed by atoms with Gasteiger partial charge >= 0.3 is 5.97 Å². The molecule has 28 heavy (non-hydrogen) atoms. The van der Waals surface area contributed by atoms with E-state index in [2.05, 4.69) is 24.1 Å². The zero-order valence-electron chi connectivity index (χ0n) is 17.1. The zero-order valence-corrected chi connectivity index (χ0v) is 17.1. The van der Waals surface area contributed by atoms with Gasteiger partial charge in [-0.25, -0.2) is 0 Å². The van der Waals surface area contributed by atoms with Crippen molar-refractivity contribution in [1.29, 1.82) is 5.26 Å². The lowest BCUT2D eigenvalue weighted by Gasteiger charge is -2.34. The summed E-state index contributed by atoms with van der Waals surface area (Å²) >= 11 is 0. The summed E-state index contributed by atoms with van der Waals surface area (Å²) in [6.45, 7) is 7.48. The van der Waals surface area contributed by atoms with Gasteiger partial charge in [-0.15, -0.1) is 0 Å². The number of aromatic nitrogens is 1. The van der Waals surface area contributed by atoms with Crippen LogP contribution in [-0.2, 0) is 20.7 Å². The predicted molar refractivity (Wildman–Crippen MR) is 105 cm³/mol. The van der Waals surface area contributed by atoms with Crippen molar-refractivity contribution >= 4 is 11.9 Å². The fourth-order valence-corrected chi connectivity index (χ4v) is 3.90. The maximum absolute atomic E-state index is 12.1. The van der Waals surface area contributed by atoms with Gasteiger partial charge in [0.15, 0.2) is 6.61 Å². The Hall–Kier alpha value is -2.62. The molecule has 2 N–H and O–H groups in total. The Morgan fingerprint density at radius 2 is 2.00 bits per heavy atom. The molecule has 0 radical (unpaired) electrons. The van der Waals surface area contributed by atoms with Gasteiger partial charge in [-0.3, -0.25) is 14.4 Å². The van der Waals surface area contributed by atoms with Gasteiger partial charge in [-0.2, -0.15) is 5.26 Å². The number of nitrogens with zero attached hydrogens (tertiary/aromatic N) is 1. The van der Waals surface area contributed by atoms with Crippen molar-refractivity contribution in [2.75, 3.05) is 6.61 Å². The number of hydrogen-bond donors (Lipinski definition) is 2. The summed E-state index contributed by atoms with van der Waals surface area (Å²) in [5, 5.41) is 12.1. The fourth-order valence-electron chi connectivity index (χ4n) is 3.90. The van der Waals surface area contributed by atoms with Crippen LogP contribution in [0, 0.1) is 37.0 Å². The van der Waals surface area contributed by atoms with Crippen LogP contribution < -0.4 is 10.9 Å². The summed E-state index contributed by atoms with van der Waals surface area (Å²) in [6.07, 6.45) is 3.64. The van der Waals surface area contributed by atoms with Crippen molar-refractivity contribution < 1.29 is 14.3 Å². The van der Waals surface area contributed by atoms with E-state index in [4.69, 9.17) is 10.00 Å². The Labute approximate surface area is 165 Å². The van der Waals surface area contributed by atoms with Crippen LogP contribution in [-0.4, -0.2) is 29.5 Å². The standard InChI is InChI=1S/C21H29N3O4/c1-12-6-5-7-18(13(12)2)24-19(25)11-28-20(26)9-8-16-14(3)17(10-22)21(27)23-15(16)4/h12-13,18H,5-9,11H2,1-4H3,(H,23,27)(H,24,25)/t12-,13+,18+/m1/s1. The van der Waals surface area contributed by atoms with Crippen LogP contribution in [0.5, 0.6) is 0 Å². The number of H-pyrrole nitrogens is 1. The van der Waals surface area contributed by atoms with Gasteiger partial charge in [0.1, 0.15) is 11.6 Å². The molecular weight excluding hydrogens is 358 g/mol. The summed E-state index contributed by atoms with van der Waals surface area (Å²) in [5.74, 6) is 0.226. The third-order valence-electron chi connectivity index (χ3n) is 5.92. The second kappa shape index (κ2) is 9.54. The van der Waals surface area contributed by atoms with E-state index in [0.29, 0.717) is 29.5 Å². The van der Waals surface area contributed by atoms with Gasteiger partial charge in [-0.05, 0) is 49.7 Å². The molecule has 1 fully saturated rings. The number of nitriles is 1. The molecule has 0 saturated heterocycles. The van der Waals surface area contributed by atoms with Gasteiger partial charge in [0.2, 0.25) is 0 Å². The second-order valence-electron chi connectivity index (χ2n) is 7.77. The second-order valence-corrected chi connectivity index (χ2v) is 7.77. The Morgan fingerprint density at radius 3 is 2.68 bits per heavy atom. The van der Waals surface area contributed by atoms with E-state index < -0.39 is 11.5 Å². The van der Waals surface area contributed by atoms with Crippen LogP contribution in [0.25, 0.3) is 0 Å². The minimum atomic E-state index is -0.483. The van der Waals surface area contributed by atoms with Crippen LogP contribution in [0.4, 0.5) is 0 Å². The van der Waals surface area contributed by atoms with E-state index in [-0.39, 0.29) is 30.5 Å². The predicted octanol–water partition coefficient (Wildman–Crippen LogP) is 2.28. The minimum Gasteiger partial charge on any atom is -0.456 e. The van der Waals surface area contributed by atoms with Gasteiger partial charge in [0.05, 0.1) is 0 Å². The summed E-state index contributed by atoms with van der Waals surface area (Å²) < 4.78 is 5.10. The van der Waals surface area contributed by atoms with Gasteiger partial charge in [-0.1, -0.05) is 26.7 Å². The van der Waals surface area contributed by atoms with Gasteiger partial charge in [0.25, 0.3) is 11.5 Å². The smallest absolute Gasteiger partial charge is 0.306 e. The lowest BCUT2D eigenvalue weighted by atomic mass is 9.78. The van der Waals surface area contributed by atoms with Crippen LogP contribution in [0.3, 0.4) is 0 Å². The highest BCUT2D eigenvalue weighted by Gasteiger charge is 2.28. The highest BCUT2D eigenvalue weighted by molar-refractivity contribution is 5.80. The normalized spacial score (nSPS) is 21.6. The summed E-state index contributed by atoms with van der Waals surface area (Å²) in [6, 6.07) is 2.02. The van der Waals surface area contributed by atoms with Crippen molar-refractivity contribution in [3.8, 4) is 6.07 Å². The van der Waals surface area contributed by atoms with Crippen molar-refractivity contribution in [2.24, 2.45) is 11.8 Å². The minimum absolute atomic E-state index is 0.0594. The summed E-state index contributed by atoms with van der Waals surface area (Å²) in [7, 11) is 0. The third kappa shape index (κ3) is 5.22. The maximum Gasteiger partial charge on any atom is 0.306 e. The molecule has 1 aromatic heterocycles. The average Bonchev–Trinajstić information content (AvgIpc) is 2.63. The number of carbonyl (C=O) groups excluding carboxylic acids is 2. The highest BCUT2D eigenvalue weighted by atomic mass is 16.5. The van der Waals surface area contributed by atoms with Gasteiger partial charge in [0, 0.05) is 18.2 Å². The first-order valence-electron chi connectivity index (χ1n) is 9.82. The average molecular weight is 387 g/mol. The zero-order chi connectivity index (χ0) is 20.8. The van der Waals surface area contributed by atoms with E-state index in [1.807, 2.05) is 6.07 Å². The molecule has 1 aromatic rings. The number of hydrogen-bond acceptors (Lipinski definition) is 5. The molecule has 1 aliphatic carbocycles. The number of amides is 1. The number of carbonyl (C=O) groups is 2. The number of nitrogens with one attached hydrogen (secondary N) is 2. The number of ether oxygens (including phenoxy) is 1. The first-order valence-corrected chi connectivity index (χ1v) is 9.82.